The van der Waals surface area contributed by atoms with E-state index in [1.807, 2.05) is 32.5 Å². The zero-order valence-electron chi connectivity index (χ0n) is 18.4. The molecule has 9 heteroatoms. The van der Waals surface area contributed by atoms with Crippen LogP contribution in [0.15, 0.2) is 17.2 Å². The van der Waals surface area contributed by atoms with Gasteiger partial charge in [0.05, 0.1) is 23.4 Å². The second-order valence-corrected chi connectivity index (χ2v) is 8.62. The molecule has 1 aromatic heterocycles. The molecule has 0 bridgehead atoms. The number of carbonyl (C=O) groups excluding carboxylic acids is 1. The summed E-state index contributed by atoms with van der Waals surface area (Å²) in [6.45, 7) is 4.51. The molecule has 0 aliphatic carbocycles. The summed E-state index contributed by atoms with van der Waals surface area (Å²) in [6.07, 6.45) is 6.97. The van der Waals surface area contributed by atoms with E-state index >= 15 is 0 Å². The van der Waals surface area contributed by atoms with E-state index in [1.54, 1.807) is 0 Å². The van der Waals surface area contributed by atoms with Gasteiger partial charge in [-0.2, -0.15) is 16.9 Å². The number of fused-ring (bicyclic) bond motifs is 1. The zero-order valence-corrected chi connectivity index (χ0v) is 19.2. The highest BCUT2D eigenvalue weighted by Crippen LogP contribution is 2.34. The molecule has 0 saturated carbocycles. The average molecular weight is 447 g/mol. The number of thioether (sulfide) groups is 1. The quantitative estimate of drug-likeness (QED) is 0.253. The summed E-state index contributed by atoms with van der Waals surface area (Å²) in [4.78, 5) is 13.1. The third-order valence-corrected chi connectivity index (χ3v) is 6.52. The Balaban J connectivity index is 0.00000166. The summed E-state index contributed by atoms with van der Waals surface area (Å²) < 4.78 is 2.44. The number of aromatic nitrogens is 2. The Kier molecular flexibility index (Phi) is 10.5. The van der Waals surface area contributed by atoms with E-state index in [-0.39, 0.29) is 6.10 Å². The molecule has 8 nitrogen and oxygen atoms in total. The van der Waals surface area contributed by atoms with Gasteiger partial charge in [-0.25, -0.2) is 4.98 Å². The first-order valence-electron chi connectivity index (χ1n) is 10.7. The maximum Gasteiger partial charge on any atom is 0.111 e. The lowest BCUT2D eigenvalue weighted by Gasteiger charge is -2.25. The molecule has 2 heterocycles. The van der Waals surface area contributed by atoms with Crippen LogP contribution in [0.2, 0.25) is 0 Å². The van der Waals surface area contributed by atoms with Crippen LogP contribution in [0.3, 0.4) is 0 Å². The fraction of sp³-hybridized carbons (Fsp3) is 0.545. The number of imidazole rings is 1. The number of benzene rings is 1. The summed E-state index contributed by atoms with van der Waals surface area (Å²) in [6, 6.07) is 4.79. The predicted octanol–water partition coefficient (Wildman–Crippen LogP) is 3.04. The van der Waals surface area contributed by atoms with Gasteiger partial charge in [-0.15, -0.1) is 0 Å². The van der Waals surface area contributed by atoms with Crippen LogP contribution in [0.1, 0.15) is 43.6 Å². The summed E-state index contributed by atoms with van der Waals surface area (Å²) in [5, 5.41) is 24.1. The van der Waals surface area contributed by atoms with Crippen molar-refractivity contribution in [2.24, 2.45) is 5.10 Å². The van der Waals surface area contributed by atoms with E-state index in [0.717, 1.165) is 48.3 Å². The van der Waals surface area contributed by atoms with Crippen molar-refractivity contribution in [1.82, 2.24) is 15.0 Å². The molecule has 0 amide bonds. The molecule has 1 aliphatic rings. The van der Waals surface area contributed by atoms with Gasteiger partial charge in [0.15, 0.2) is 0 Å². The Morgan fingerprint density at radius 2 is 2.26 bits per heavy atom. The number of nitrogens with zero attached hydrogens (tertiary/aromatic N) is 3. The van der Waals surface area contributed by atoms with Crippen molar-refractivity contribution >= 4 is 47.7 Å². The molecule has 170 valence electrons. The van der Waals surface area contributed by atoms with Gasteiger partial charge in [-0.05, 0) is 50.5 Å². The number of anilines is 1. The number of aryl methyl sites for hydroxylation is 1. The lowest BCUT2D eigenvalue weighted by molar-refractivity contribution is -0.0979. The summed E-state index contributed by atoms with van der Waals surface area (Å²) in [5.41, 5.74) is 7.51. The highest BCUT2D eigenvalue weighted by atomic mass is 32.2. The Morgan fingerprint density at radius 3 is 2.90 bits per heavy atom. The minimum Gasteiger partial charge on any atom is -0.393 e. The molecule has 0 radical (unpaired) electrons. The smallest absolute Gasteiger partial charge is 0.111 e. The number of hydrazone groups is 1. The van der Waals surface area contributed by atoms with Crippen molar-refractivity contribution in [2.45, 2.75) is 51.2 Å². The van der Waals surface area contributed by atoms with Crippen LogP contribution in [-0.2, 0) is 17.6 Å². The normalized spacial score (nSPS) is 17.2. The van der Waals surface area contributed by atoms with Crippen molar-refractivity contribution in [3.05, 3.63) is 23.5 Å². The van der Waals surface area contributed by atoms with Crippen LogP contribution in [0.25, 0.3) is 11.0 Å². The standard InChI is InChI=1S/C21H32N6OS.CH2O/c1-15(28)5-6-17-18(23-2)7-8-19-21(17)26-20(9-11-24-25-12-10-22)27(19)16-4-3-13-29-14-16;1-2/h7-8,10,12,15-16,22-24,28H,3-6,9,11,13-14H2,1-2H3;1H2/b22-10?,25-12-;. The first kappa shape index (κ1) is 24.9. The van der Waals surface area contributed by atoms with Gasteiger partial charge in [-0.3, -0.25) is 0 Å². The number of carbonyl (C=O) groups is 1. The number of hydrogen-bond acceptors (Lipinski definition) is 8. The highest BCUT2D eigenvalue weighted by molar-refractivity contribution is 7.99. The van der Waals surface area contributed by atoms with Gasteiger partial charge < -0.3 is 30.6 Å². The SMILES string of the molecule is C=O.CNc1ccc2c(nc(CCN/N=C\C=N)n2C2CCCSC2)c1CCC(C)O. The molecular weight excluding hydrogens is 412 g/mol. The van der Waals surface area contributed by atoms with Gasteiger partial charge in [0.2, 0.25) is 0 Å². The van der Waals surface area contributed by atoms with E-state index < -0.39 is 0 Å². The van der Waals surface area contributed by atoms with Gasteiger partial charge >= 0.3 is 0 Å². The number of rotatable bonds is 10. The third kappa shape index (κ3) is 6.54. The van der Waals surface area contributed by atoms with E-state index in [4.69, 9.17) is 15.2 Å². The topological polar surface area (TPSA) is 115 Å². The first-order chi connectivity index (χ1) is 15.2. The number of nitrogens with one attached hydrogen (secondary N) is 3. The largest absolute Gasteiger partial charge is 0.393 e. The van der Waals surface area contributed by atoms with Crippen LogP contribution in [0.5, 0.6) is 0 Å². The fourth-order valence-electron chi connectivity index (χ4n) is 3.94. The molecule has 2 unspecified atom stereocenters. The van der Waals surface area contributed by atoms with Crippen LogP contribution in [0, 0.1) is 5.41 Å². The Morgan fingerprint density at radius 1 is 1.45 bits per heavy atom. The number of hydrogen-bond donors (Lipinski definition) is 4. The second kappa shape index (κ2) is 13.1. The van der Waals surface area contributed by atoms with Crippen molar-refractivity contribution in [2.75, 3.05) is 30.4 Å². The maximum absolute atomic E-state index is 9.81. The minimum absolute atomic E-state index is 0.331. The summed E-state index contributed by atoms with van der Waals surface area (Å²) in [5.74, 6) is 3.44. The van der Waals surface area contributed by atoms with Crippen LogP contribution in [-0.4, -0.2) is 65.1 Å². The molecular formula is C22H34N6O2S. The monoisotopic (exact) mass is 446 g/mol. The van der Waals surface area contributed by atoms with Gasteiger partial charge in [0, 0.05) is 49.3 Å². The van der Waals surface area contributed by atoms with Crippen molar-refractivity contribution in [1.29, 1.82) is 5.41 Å². The van der Waals surface area contributed by atoms with Crippen molar-refractivity contribution < 1.29 is 9.90 Å². The zero-order chi connectivity index (χ0) is 22.6. The van der Waals surface area contributed by atoms with E-state index in [2.05, 4.69) is 32.5 Å². The Labute approximate surface area is 188 Å². The third-order valence-electron chi connectivity index (χ3n) is 5.32. The Bertz CT molecular complexity index is 861. The lowest BCUT2D eigenvalue weighted by atomic mass is 10.0. The molecule has 2 atom stereocenters. The molecule has 1 saturated heterocycles. The van der Waals surface area contributed by atoms with Crippen molar-refractivity contribution in [3.63, 3.8) is 0 Å². The molecule has 1 aliphatic heterocycles. The average Bonchev–Trinajstić information content (AvgIpc) is 3.17. The van der Waals surface area contributed by atoms with E-state index in [0.29, 0.717) is 12.6 Å². The van der Waals surface area contributed by atoms with Gasteiger partial charge in [0.25, 0.3) is 0 Å². The van der Waals surface area contributed by atoms with Crippen LogP contribution >= 0.6 is 11.8 Å². The molecule has 3 rings (SSSR count). The maximum atomic E-state index is 9.81. The minimum atomic E-state index is -0.331. The first-order valence-corrected chi connectivity index (χ1v) is 11.8. The van der Waals surface area contributed by atoms with E-state index in [1.165, 1.54) is 35.9 Å². The van der Waals surface area contributed by atoms with Gasteiger partial charge in [0.1, 0.15) is 12.6 Å². The van der Waals surface area contributed by atoms with Crippen molar-refractivity contribution in [3.8, 4) is 0 Å². The van der Waals surface area contributed by atoms with Crippen LogP contribution in [0.4, 0.5) is 5.69 Å². The fourth-order valence-corrected chi connectivity index (χ4v) is 5.06. The molecule has 2 aromatic rings. The molecule has 31 heavy (non-hydrogen) atoms. The lowest BCUT2D eigenvalue weighted by Crippen LogP contribution is -2.20. The van der Waals surface area contributed by atoms with Crippen LogP contribution < -0.4 is 10.7 Å². The second-order valence-electron chi connectivity index (χ2n) is 7.47. The molecule has 0 spiro atoms. The Hall–Kier alpha value is -2.39. The van der Waals surface area contributed by atoms with E-state index in [9.17, 15) is 5.11 Å². The van der Waals surface area contributed by atoms with Gasteiger partial charge in [-0.1, -0.05) is 0 Å². The summed E-state index contributed by atoms with van der Waals surface area (Å²) >= 11 is 2.02. The summed E-state index contributed by atoms with van der Waals surface area (Å²) in [7, 11) is 1.94. The molecule has 1 fully saturated rings. The molecule has 4 N–H and O–H groups in total. The molecule has 1 aromatic carbocycles. The number of aliphatic hydroxyl groups is 1. The predicted molar refractivity (Wildman–Crippen MR) is 131 cm³/mol. The number of aliphatic hydroxyl groups excluding tert-OH is 1. The highest BCUT2D eigenvalue weighted by Gasteiger charge is 2.23.